The summed E-state index contributed by atoms with van der Waals surface area (Å²) in [6, 6.07) is 1.34. The van der Waals surface area contributed by atoms with Crippen molar-refractivity contribution in [1.82, 2.24) is 20.1 Å². The fourth-order valence-corrected chi connectivity index (χ4v) is 5.99. The van der Waals surface area contributed by atoms with E-state index in [1.54, 1.807) is 4.68 Å². The van der Waals surface area contributed by atoms with Crippen LogP contribution in [0, 0.1) is 23.5 Å². The third kappa shape index (κ3) is 3.91. The van der Waals surface area contributed by atoms with Crippen molar-refractivity contribution in [3.05, 3.63) is 35.2 Å². The van der Waals surface area contributed by atoms with Gasteiger partial charge < -0.3 is 15.8 Å². The number of alkyl halides is 3. The molecular formula is C26H26F5N5O2. The number of halogens is 5. The molecule has 3 heterocycles. The highest BCUT2D eigenvalue weighted by atomic mass is 19.4. The van der Waals surface area contributed by atoms with Crippen LogP contribution in [0.4, 0.5) is 27.6 Å². The maximum atomic E-state index is 16.4. The van der Waals surface area contributed by atoms with Gasteiger partial charge in [0.1, 0.15) is 17.0 Å². The van der Waals surface area contributed by atoms with E-state index in [-0.39, 0.29) is 52.7 Å². The third-order valence-corrected chi connectivity index (χ3v) is 7.76. The minimum absolute atomic E-state index is 0.0301. The molecule has 0 unspecified atom stereocenters. The summed E-state index contributed by atoms with van der Waals surface area (Å²) in [6.45, 7) is 5.85. The van der Waals surface area contributed by atoms with Crippen molar-refractivity contribution in [2.24, 2.45) is 11.8 Å². The molecule has 0 bridgehead atoms. The van der Waals surface area contributed by atoms with Crippen LogP contribution in [0.5, 0.6) is 5.75 Å². The highest BCUT2D eigenvalue weighted by molar-refractivity contribution is 5.91. The number of ketones is 1. The number of rotatable bonds is 6. The van der Waals surface area contributed by atoms with E-state index in [4.69, 9.17) is 10.8 Å². The van der Waals surface area contributed by atoms with Gasteiger partial charge >= 0.3 is 6.36 Å². The largest absolute Gasteiger partial charge is 0.573 e. The van der Waals surface area contributed by atoms with Gasteiger partial charge in [0.2, 0.25) is 0 Å². The van der Waals surface area contributed by atoms with E-state index >= 15 is 4.39 Å². The molecule has 6 rings (SSSR count). The van der Waals surface area contributed by atoms with Crippen molar-refractivity contribution in [1.29, 1.82) is 0 Å². The lowest BCUT2D eigenvalue weighted by atomic mass is 9.97. The number of fused-ring (bicyclic) bond motifs is 2. The van der Waals surface area contributed by atoms with Gasteiger partial charge in [-0.25, -0.2) is 13.8 Å². The molecule has 4 atom stereocenters. The second-order valence-electron chi connectivity index (χ2n) is 10.8. The molecule has 3 aliphatic rings. The van der Waals surface area contributed by atoms with Gasteiger partial charge in [-0.2, -0.15) is 5.10 Å². The number of piperidine rings is 1. The zero-order valence-corrected chi connectivity index (χ0v) is 20.9. The third-order valence-electron chi connectivity index (χ3n) is 7.76. The van der Waals surface area contributed by atoms with Crippen LogP contribution in [0.25, 0.3) is 22.2 Å². The second-order valence-corrected chi connectivity index (χ2v) is 10.8. The minimum Gasteiger partial charge on any atom is -0.402 e. The first kappa shape index (κ1) is 25.0. The van der Waals surface area contributed by atoms with Gasteiger partial charge in [-0.1, -0.05) is 13.8 Å². The number of carbonyl (C=O) groups is 1. The number of nitrogens with two attached hydrogens (primary N) is 1. The van der Waals surface area contributed by atoms with Gasteiger partial charge in [0.25, 0.3) is 0 Å². The Morgan fingerprint density at radius 3 is 2.55 bits per heavy atom. The number of aromatic nitrogens is 3. The predicted octanol–water partition coefficient (Wildman–Crippen LogP) is 5.21. The summed E-state index contributed by atoms with van der Waals surface area (Å²) in [4.78, 5) is 16.6. The van der Waals surface area contributed by atoms with Crippen LogP contribution in [0.1, 0.15) is 62.9 Å². The Morgan fingerprint density at radius 2 is 1.95 bits per heavy atom. The molecule has 7 nitrogen and oxygen atoms in total. The number of hydrogen-bond donors (Lipinski definition) is 2. The zero-order valence-electron chi connectivity index (χ0n) is 20.9. The molecule has 2 saturated carbocycles. The summed E-state index contributed by atoms with van der Waals surface area (Å²) >= 11 is 0. The van der Waals surface area contributed by atoms with Crippen LogP contribution in [0.3, 0.4) is 0 Å². The topological polar surface area (TPSA) is 95.1 Å². The number of anilines is 1. The molecule has 12 heteroatoms. The summed E-state index contributed by atoms with van der Waals surface area (Å²) in [5, 5.41) is 8.58. The Kier molecular flexibility index (Phi) is 5.50. The summed E-state index contributed by atoms with van der Waals surface area (Å²) < 4.78 is 76.2. The Morgan fingerprint density at radius 1 is 1.24 bits per heavy atom. The molecule has 202 valence electrons. The lowest BCUT2D eigenvalue weighted by molar-refractivity contribution is -0.275. The van der Waals surface area contributed by atoms with Crippen LogP contribution >= 0.6 is 0 Å². The fourth-order valence-electron chi connectivity index (χ4n) is 5.99. The smallest absolute Gasteiger partial charge is 0.402 e. The number of nitrogens with one attached hydrogen (secondary N) is 1. The van der Waals surface area contributed by atoms with Crippen LogP contribution in [0.15, 0.2) is 12.1 Å². The molecule has 1 aliphatic heterocycles. The molecule has 2 aliphatic carbocycles. The van der Waals surface area contributed by atoms with E-state index in [1.807, 2.05) is 13.8 Å². The van der Waals surface area contributed by atoms with Crippen molar-refractivity contribution in [3.63, 3.8) is 0 Å². The summed E-state index contributed by atoms with van der Waals surface area (Å²) in [5.41, 5.74) is 5.72. The van der Waals surface area contributed by atoms with Crippen LogP contribution < -0.4 is 15.8 Å². The molecule has 0 radical (unpaired) electrons. The molecule has 3 aromatic rings. The van der Waals surface area contributed by atoms with Gasteiger partial charge in [-0.05, 0) is 50.1 Å². The zero-order chi connectivity index (χ0) is 27.3. The first-order chi connectivity index (χ1) is 17.9. The maximum Gasteiger partial charge on any atom is 0.573 e. The van der Waals surface area contributed by atoms with Crippen molar-refractivity contribution in [3.8, 4) is 17.0 Å². The number of Topliss-reactive ketones (excluding diaryl/α,β-unsaturated/α-hetero) is 1. The summed E-state index contributed by atoms with van der Waals surface area (Å²) in [7, 11) is 0. The van der Waals surface area contributed by atoms with E-state index in [1.165, 1.54) is 6.92 Å². The normalized spacial score (nSPS) is 24.8. The second kappa shape index (κ2) is 8.36. The number of benzene rings is 1. The lowest BCUT2D eigenvalue weighted by Crippen LogP contribution is -2.34. The van der Waals surface area contributed by atoms with E-state index in [2.05, 4.69) is 15.0 Å². The van der Waals surface area contributed by atoms with E-state index in [0.717, 1.165) is 18.9 Å². The van der Waals surface area contributed by atoms with Gasteiger partial charge in [-0.3, -0.25) is 9.48 Å². The maximum absolute atomic E-state index is 16.4. The van der Waals surface area contributed by atoms with E-state index < -0.39 is 35.0 Å². The number of carbonyl (C=O) groups excluding carboxylic acids is 1. The Hall–Kier alpha value is -3.28. The molecule has 3 fully saturated rings. The van der Waals surface area contributed by atoms with Crippen molar-refractivity contribution in [2.75, 3.05) is 12.3 Å². The predicted molar refractivity (Wildman–Crippen MR) is 129 cm³/mol. The number of hydrogen-bond acceptors (Lipinski definition) is 6. The Balaban J connectivity index is 1.60. The van der Waals surface area contributed by atoms with Crippen molar-refractivity contribution < 1.29 is 31.5 Å². The first-order valence-corrected chi connectivity index (χ1v) is 12.6. The van der Waals surface area contributed by atoms with Crippen molar-refractivity contribution in [2.45, 2.75) is 63.9 Å². The first-order valence-electron chi connectivity index (χ1n) is 12.6. The van der Waals surface area contributed by atoms with Gasteiger partial charge in [0, 0.05) is 23.1 Å². The summed E-state index contributed by atoms with van der Waals surface area (Å²) in [6.07, 6.45) is -3.68. The van der Waals surface area contributed by atoms with Gasteiger partial charge in [-0.15, -0.1) is 13.2 Å². The van der Waals surface area contributed by atoms with Gasteiger partial charge in [0.15, 0.2) is 17.4 Å². The molecule has 1 aromatic carbocycles. The number of pyridine rings is 1. The van der Waals surface area contributed by atoms with Gasteiger partial charge in [0.05, 0.1) is 29.0 Å². The lowest BCUT2D eigenvalue weighted by Gasteiger charge is -2.18. The van der Waals surface area contributed by atoms with Crippen LogP contribution in [-0.4, -0.2) is 39.5 Å². The number of nitrogens with zero attached hydrogens (tertiary/aromatic N) is 3. The molecule has 1 saturated heterocycles. The Bertz CT molecular complexity index is 1480. The average Bonchev–Trinajstić information content (AvgIpc) is 3.70. The van der Waals surface area contributed by atoms with Crippen LogP contribution in [-0.2, 0) is 4.79 Å². The van der Waals surface area contributed by atoms with Crippen LogP contribution in [0.2, 0.25) is 0 Å². The van der Waals surface area contributed by atoms with Crippen molar-refractivity contribution >= 4 is 22.4 Å². The monoisotopic (exact) mass is 535 g/mol. The average molecular weight is 536 g/mol. The SMILES string of the molecule is CC(=O)[C@H]1NC[C@@H]2[C@@H](c3nn(C4CC4)c4c(F)c(-c5cc(N)cc(F)c5OC(F)(F)F)nc(C(C)C)c34)[C@@H]21. The number of nitrogen functional groups attached to an aromatic ring is 1. The standard InChI is InChI=1S/C26H26F5N5O2/c1-9(2)20-18-23(17-14-8-33-21(10(3)37)16(14)17)35-36(12-4-5-12)24(18)19(28)22(34-20)13-6-11(32)7-15(27)25(13)38-26(29,30)31/h6-7,9,12,14,16-17,21,33H,4-5,8,32H2,1-3H3/t14-,16+,17+,21+/m0/s1. The minimum atomic E-state index is -5.22. The fraction of sp³-hybridized carbons (Fsp3) is 0.500. The summed E-state index contributed by atoms with van der Waals surface area (Å²) in [5.74, 6) is -3.59. The molecule has 2 aromatic heterocycles. The molecular weight excluding hydrogens is 509 g/mol. The highest BCUT2D eigenvalue weighted by Crippen LogP contribution is 2.60. The highest BCUT2D eigenvalue weighted by Gasteiger charge is 2.61. The quantitative estimate of drug-likeness (QED) is 0.333. The van der Waals surface area contributed by atoms with E-state index in [9.17, 15) is 22.4 Å². The molecule has 38 heavy (non-hydrogen) atoms. The Labute approximate surface area is 214 Å². The van der Waals surface area contributed by atoms with E-state index in [0.29, 0.717) is 29.4 Å². The molecule has 0 amide bonds. The number of ether oxygens (including phenoxy) is 1. The molecule has 0 spiro atoms. The molecule has 3 N–H and O–H groups in total.